The lowest BCUT2D eigenvalue weighted by Crippen LogP contribution is -2.39. The number of hydrogen-bond acceptors (Lipinski definition) is 4. The van der Waals surface area contributed by atoms with Gasteiger partial charge in [0.2, 0.25) is 0 Å². The van der Waals surface area contributed by atoms with Crippen LogP contribution in [0.2, 0.25) is 0 Å². The third-order valence-electron chi connectivity index (χ3n) is 3.61. The summed E-state index contributed by atoms with van der Waals surface area (Å²) < 4.78 is 27.0. The van der Waals surface area contributed by atoms with Crippen molar-refractivity contribution >= 4 is 25.8 Å². The Morgan fingerprint density at radius 2 is 2.32 bits per heavy atom. The van der Waals surface area contributed by atoms with Gasteiger partial charge in [0.25, 0.3) is 0 Å². The second kappa shape index (κ2) is 5.93. The summed E-state index contributed by atoms with van der Waals surface area (Å²) in [4.78, 5) is 0. The van der Waals surface area contributed by atoms with Crippen molar-refractivity contribution in [2.45, 2.75) is 50.4 Å². The predicted molar refractivity (Wildman–Crippen MR) is 78.6 cm³/mol. The summed E-state index contributed by atoms with van der Waals surface area (Å²) in [5.41, 5.74) is 7.05. The second-order valence-electron chi connectivity index (χ2n) is 5.03. The molecule has 7 heteroatoms. The molecule has 0 spiro atoms. The molecule has 19 heavy (non-hydrogen) atoms. The first kappa shape index (κ1) is 15.0. The molecule has 2 unspecified atom stereocenters. The Labute approximate surface area is 122 Å². The monoisotopic (exact) mass is 349 g/mol. The van der Waals surface area contributed by atoms with Gasteiger partial charge < -0.3 is 5.73 Å². The number of nitrogens with zero attached hydrogens (tertiary/aromatic N) is 2. The SMILES string of the molecule is CCCn1ncc(Br)c1C(N)C1CCCCS1(=O)=O. The molecule has 5 nitrogen and oxygen atoms in total. The molecule has 0 bridgehead atoms. The van der Waals surface area contributed by atoms with Crippen LogP contribution in [0, 0.1) is 0 Å². The number of aryl methyl sites for hydroxylation is 1. The van der Waals surface area contributed by atoms with Gasteiger partial charge in [-0.25, -0.2) is 8.42 Å². The van der Waals surface area contributed by atoms with Crippen molar-refractivity contribution in [2.24, 2.45) is 5.73 Å². The highest BCUT2D eigenvalue weighted by Crippen LogP contribution is 2.32. The standard InChI is InChI=1S/C12H20BrN3O2S/c1-2-6-16-12(9(13)8-15-16)11(14)10-5-3-4-7-19(10,17)18/h8,10-11H,2-7,14H2,1H3. The molecule has 1 saturated heterocycles. The third kappa shape index (κ3) is 3.03. The Morgan fingerprint density at radius 1 is 1.58 bits per heavy atom. The van der Waals surface area contributed by atoms with Gasteiger partial charge in [-0.2, -0.15) is 5.10 Å². The van der Waals surface area contributed by atoms with Crippen molar-refractivity contribution in [1.29, 1.82) is 0 Å². The summed E-state index contributed by atoms with van der Waals surface area (Å²) in [6.45, 7) is 2.81. The van der Waals surface area contributed by atoms with Gasteiger partial charge in [-0.1, -0.05) is 13.3 Å². The summed E-state index contributed by atoms with van der Waals surface area (Å²) in [5, 5.41) is 3.78. The number of hydrogen-bond donors (Lipinski definition) is 1. The van der Waals surface area contributed by atoms with Gasteiger partial charge in [-0.3, -0.25) is 4.68 Å². The van der Waals surface area contributed by atoms with E-state index in [1.54, 1.807) is 6.20 Å². The van der Waals surface area contributed by atoms with E-state index in [9.17, 15) is 8.42 Å². The van der Waals surface area contributed by atoms with Crippen LogP contribution >= 0.6 is 15.9 Å². The molecule has 0 saturated carbocycles. The lowest BCUT2D eigenvalue weighted by Gasteiger charge is -2.28. The molecule has 0 radical (unpaired) electrons. The highest BCUT2D eigenvalue weighted by atomic mass is 79.9. The summed E-state index contributed by atoms with van der Waals surface area (Å²) >= 11 is 3.43. The highest BCUT2D eigenvalue weighted by molar-refractivity contribution is 9.10. The Hall–Kier alpha value is -0.400. The van der Waals surface area contributed by atoms with E-state index in [0.717, 1.165) is 36.0 Å². The minimum atomic E-state index is -3.08. The van der Waals surface area contributed by atoms with Gasteiger partial charge in [0.15, 0.2) is 9.84 Å². The van der Waals surface area contributed by atoms with Crippen molar-refractivity contribution in [1.82, 2.24) is 9.78 Å². The molecule has 108 valence electrons. The molecule has 1 aliphatic rings. The van der Waals surface area contributed by atoms with Crippen LogP contribution in [0.25, 0.3) is 0 Å². The average Bonchev–Trinajstić information content (AvgIpc) is 2.70. The van der Waals surface area contributed by atoms with Crippen LogP contribution in [0.15, 0.2) is 10.7 Å². The molecule has 1 fully saturated rings. The molecule has 2 heterocycles. The maximum Gasteiger partial charge on any atom is 0.155 e. The Balaban J connectivity index is 2.33. The van der Waals surface area contributed by atoms with Gasteiger partial charge in [0, 0.05) is 6.54 Å². The zero-order valence-electron chi connectivity index (χ0n) is 11.0. The summed E-state index contributed by atoms with van der Waals surface area (Å²) in [5.74, 6) is 0.255. The fraction of sp³-hybridized carbons (Fsp3) is 0.750. The van der Waals surface area contributed by atoms with Crippen LogP contribution in [0.4, 0.5) is 0 Å². The van der Waals surface area contributed by atoms with Crippen LogP contribution in [0.3, 0.4) is 0 Å². The minimum Gasteiger partial charge on any atom is -0.322 e. The Morgan fingerprint density at radius 3 is 2.95 bits per heavy atom. The third-order valence-corrected chi connectivity index (χ3v) is 6.53. The van der Waals surface area contributed by atoms with Crippen LogP contribution in [-0.4, -0.2) is 29.2 Å². The van der Waals surface area contributed by atoms with E-state index in [4.69, 9.17) is 5.73 Å². The lowest BCUT2D eigenvalue weighted by molar-refractivity contribution is 0.474. The van der Waals surface area contributed by atoms with Gasteiger partial charge in [0.05, 0.1) is 33.4 Å². The van der Waals surface area contributed by atoms with E-state index in [2.05, 4.69) is 28.0 Å². The van der Waals surface area contributed by atoms with E-state index < -0.39 is 21.1 Å². The molecular weight excluding hydrogens is 330 g/mol. The van der Waals surface area contributed by atoms with E-state index in [1.165, 1.54) is 0 Å². The summed E-state index contributed by atoms with van der Waals surface area (Å²) in [6.07, 6.45) is 4.96. The summed E-state index contributed by atoms with van der Waals surface area (Å²) in [7, 11) is -3.08. The zero-order valence-corrected chi connectivity index (χ0v) is 13.5. The van der Waals surface area contributed by atoms with Crippen LogP contribution < -0.4 is 5.73 Å². The Kier molecular flexibility index (Phi) is 4.68. The number of halogens is 1. The smallest absolute Gasteiger partial charge is 0.155 e. The van der Waals surface area contributed by atoms with E-state index in [-0.39, 0.29) is 5.75 Å². The highest BCUT2D eigenvalue weighted by Gasteiger charge is 2.36. The van der Waals surface area contributed by atoms with E-state index in [1.807, 2.05) is 4.68 Å². The lowest BCUT2D eigenvalue weighted by atomic mass is 10.0. The molecule has 2 rings (SSSR count). The zero-order chi connectivity index (χ0) is 14.0. The molecule has 2 N–H and O–H groups in total. The first-order valence-electron chi connectivity index (χ1n) is 6.65. The normalized spacial score (nSPS) is 24.3. The van der Waals surface area contributed by atoms with Crippen molar-refractivity contribution < 1.29 is 8.42 Å². The molecule has 1 aliphatic heterocycles. The van der Waals surface area contributed by atoms with E-state index in [0.29, 0.717) is 6.42 Å². The molecule has 2 atom stereocenters. The van der Waals surface area contributed by atoms with Crippen molar-refractivity contribution in [2.75, 3.05) is 5.75 Å². The number of rotatable bonds is 4. The molecule has 0 aromatic carbocycles. The maximum atomic E-state index is 12.2. The fourth-order valence-electron chi connectivity index (χ4n) is 2.65. The van der Waals surface area contributed by atoms with Crippen molar-refractivity contribution in [3.05, 3.63) is 16.4 Å². The fourth-order valence-corrected chi connectivity index (χ4v) is 5.22. The van der Waals surface area contributed by atoms with Crippen molar-refractivity contribution in [3.8, 4) is 0 Å². The Bertz CT molecular complexity index is 541. The molecule has 0 aliphatic carbocycles. The molecule has 0 amide bonds. The largest absolute Gasteiger partial charge is 0.322 e. The van der Waals surface area contributed by atoms with E-state index >= 15 is 0 Å². The average molecular weight is 350 g/mol. The van der Waals surface area contributed by atoms with Gasteiger partial charge in [-0.05, 0) is 35.2 Å². The number of aromatic nitrogens is 2. The first-order chi connectivity index (χ1) is 8.97. The van der Waals surface area contributed by atoms with Gasteiger partial charge in [0.1, 0.15) is 0 Å². The number of sulfone groups is 1. The molecular formula is C12H20BrN3O2S. The minimum absolute atomic E-state index is 0.255. The summed E-state index contributed by atoms with van der Waals surface area (Å²) in [6, 6.07) is -0.506. The quantitative estimate of drug-likeness (QED) is 0.901. The molecule has 1 aromatic rings. The van der Waals surface area contributed by atoms with Gasteiger partial charge >= 0.3 is 0 Å². The maximum absolute atomic E-state index is 12.2. The number of nitrogens with two attached hydrogens (primary N) is 1. The first-order valence-corrected chi connectivity index (χ1v) is 9.16. The van der Waals surface area contributed by atoms with Crippen LogP contribution in [0.1, 0.15) is 44.3 Å². The van der Waals surface area contributed by atoms with Gasteiger partial charge in [-0.15, -0.1) is 0 Å². The topological polar surface area (TPSA) is 78.0 Å². The predicted octanol–water partition coefficient (Wildman–Crippen LogP) is 2.02. The van der Waals surface area contributed by atoms with Crippen LogP contribution in [0.5, 0.6) is 0 Å². The van der Waals surface area contributed by atoms with Crippen LogP contribution in [-0.2, 0) is 16.4 Å². The second-order valence-corrected chi connectivity index (χ2v) is 8.22. The van der Waals surface area contributed by atoms with Crippen molar-refractivity contribution in [3.63, 3.8) is 0 Å². The molecule has 1 aromatic heterocycles.